The third-order valence-electron chi connectivity index (χ3n) is 4.07. The molecule has 0 unspecified atom stereocenters. The van der Waals surface area contributed by atoms with E-state index in [0.717, 1.165) is 22.6 Å². The summed E-state index contributed by atoms with van der Waals surface area (Å²) in [5.41, 5.74) is 2.89. The van der Waals surface area contributed by atoms with Gasteiger partial charge >= 0.3 is 6.09 Å². The second-order valence-corrected chi connectivity index (χ2v) is 5.62. The van der Waals surface area contributed by atoms with Crippen molar-refractivity contribution >= 4 is 11.9 Å². The van der Waals surface area contributed by atoms with Gasteiger partial charge in [-0.25, -0.2) is 9.78 Å². The number of hydrogen-bond acceptors (Lipinski definition) is 5. The van der Waals surface area contributed by atoms with Crippen LogP contribution in [-0.4, -0.2) is 59.4 Å². The number of carboxylic acid groups (broad SMARTS) is 1. The van der Waals surface area contributed by atoms with E-state index in [4.69, 9.17) is 9.84 Å². The molecule has 1 aliphatic rings. The molecule has 0 aliphatic carbocycles. The van der Waals surface area contributed by atoms with Crippen LogP contribution in [0.25, 0.3) is 11.3 Å². The zero-order chi connectivity index (χ0) is 16.9. The molecule has 0 radical (unpaired) electrons. The van der Waals surface area contributed by atoms with Crippen molar-refractivity contribution in [3.63, 3.8) is 0 Å². The summed E-state index contributed by atoms with van der Waals surface area (Å²) in [7, 11) is 1.67. The van der Waals surface area contributed by atoms with Crippen molar-refractivity contribution in [2.24, 2.45) is 0 Å². The van der Waals surface area contributed by atoms with Gasteiger partial charge in [0.25, 0.3) is 0 Å². The van der Waals surface area contributed by atoms with Crippen LogP contribution in [-0.2, 0) is 11.3 Å². The van der Waals surface area contributed by atoms with E-state index in [1.165, 1.54) is 4.90 Å². The Bertz CT molecular complexity index is 697. The van der Waals surface area contributed by atoms with Crippen LogP contribution >= 0.6 is 0 Å². The number of ether oxygens (including phenoxy) is 1. The number of anilines is 1. The van der Waals surface area contributed by atoms with Gasteiger partial charge in [-0.05, 0) is 5.56 Å². The fraction of sp³-hybridized carbons (Fsp3) is 0.353. The molecule has 1 N–H and O–H groups in total. The first-order valence-electron chi connectivity index (χ1n) is 7.81. The Kier molecular flexibility index (Phi) is 4.90. The molecular formula is C17H20N4O3. The summed E-state index contributed by atoms with van der Waals surface area (Å²) in [4.78, 5) is 23.5. The lowest BCUT2D eigenvalue weighted by molar-refractivity contribution is 0.142. The summed E-state index contributed by atoms with van der Waals surface area (Å²) >= 11 is 0. The molecule has 0 atom stereocenters. The van der Waals surface area contributed by atoms with Crippen LogP contribution in [0.5, 0.6) is 0 Å². The molecule has 1 aliphatic heterocycles. The largest absolute Gasteiger partial charge is 0.465 e. The lowest BCUT2D eigenvalue weighted by Crippen LogP contribution is -2.48. The predicted molar refractivity (Wildman–Crippen MR) is 90.0 cm³/mol. The molecule has 1 amide bonds. The Morgan fingerprint density at radius 3 is 2.42 bits per heavy atom. The van der Waals surface area contributed by atoms with Gasteiger partial charge in [0.05, 0.1) is 6.61 Å². The van der Waals surface area contributed by atoms with Crippen LogP contribution in [0.4, 0.5) is 10.6 Å². The maximum Gasteiger partial charge on any atom is 0.407 e. The molecule has 7 nitrogen and oxygen atoms in total. The van der Waals surface area contributed by atoms with Crippen molar-refractivity contribution < 1.29 is 14.6 Å². The molecule has 1 aromatic carbocycles. The van der Waals surface area contributed by atoms with Crippen molar-refractivity contribution in [1.82, 2.24) is 14.9 Å². The number of methoxy groups -OCH3 is 1. The highest BCUT2D eigenvalue weighted by Crippen LogP contribution is 2.27. The minimum Gasteiger partial charge on any atom is -0.465 e. The van der Waals surface area contributed by atoms with Gasteiger partial charge in [0.2, 0.25) is 0 Å². The third-order valence-corrected chi connectivity index (χ3v) is 4.07. The Morgan fingerprint density at radius 1 is 1.12 bits per heavy atom. The van der Waals surface area contributed by atoms with Gasteiger partial charge in [0, 0.05) is 51.2 Å². The maximum absolute atomic E-state index is 11.0. The number of nitrogens with zero attached hydrogens (tertiary/aromatic N) is 4. The van der Waals surface area contributed by atoms with Crippen LogP contribution in [0, 0.1) is 0 Å². The molecule has 24 heavy (non-hydrogen) atoms. The topological polar surface area (TPSA) is 78.8 Å². The summed E-state index contributed by atoms with van der Waals surface area (Å²) in [5.74, 6) is 0.794. The van der Waals surface area contributed by atoms with Gasteiger partial charge in [-0.3, -0.25) is 4.98 Å². The van der Waals surface area contributed by atoms with E-state index in [1.807, 2.05) is 24.3 Å². The normalized spacial score (nSPS) is 14.7. The average Bonchev–Trinajstić information content (AvgIpc) is 2.63. The zero-order valence-corrected chi connectivity index (χ0v) is 13.6. The highest BCUT2D eigenvalue weighted by atomic mass is 16.5. The van der Waals surface area contributed by atoms with Crippen molar-refractivity contribution in [3.05, 3.63) is 42.2 Å². The smallest absolute Gasteiger partial charge is 0.407 e. The maximum atomic E-state index is 11.0. The van der Waals surface area contributed by atoms with Gasteiger partial charge in [-0.1, -0.05) is 24.3 Å². The number of carbonyl (C=O) groups is 1. The summed E-state index contributed by atoms with van der Waals surface area (Å²) in [6.07, 6.45) is 2.47. The lowest BCUT2D eigenvalue weighted by atomic mass is 10.1. The van der Waals surface area contributed by atoms with E-state index in [1.54, 1.807) is 19.5 Å². The highest BCUT2D eigenvalue weighted by molar-refractivity contribution is 5.72. The molecule has 2 heterocycles. The van der Waals surface area contributed by atoms with E-state index >= 15 is 0 Å². The van der Waals surface area contributed by atoms with Crippen LogP contribution in [0.3, 0.4) is 0 Å². The molecule has 0 spiro atoms. The Balaban J connectivity index is 1.82. The molecule has 0 bridgehead atoms. The van der Waals surface area contributed by atoms with Crippen LogP contribution < -0.4 is 4.90 Å². The fourth-order valence-corrected chi connectivity index (χ4v) is 2.80. The van der Waals surface area contributed by atoms with Gasteiger partial charge in [-0.2, -0.15) is 0 Å². The van der Waals surface area contributed by atoms with Crippen molar-refractivity contribution in [3.8, 4) is 11.3 Å². The molecule has 126 valence electrons. The number of benzene rings is 1. The quantitative estimate of drug-likeness (QED) is 0.926. The molecule has 1 fully saturated rings. The fourth-order valence-electron chi connectivity index (χ4n) is 2.80. The third kappa shape index (κ3) is 3.46. The van der Waals surface area contributed by atoms with Gasteiger partial charge in [0.15, 0.2) is 5.82 Å². The van der Waals surface area contributed by atoms with Gasteiger partial charge in [0.1, 0.15) is 5.69 Å². The number of amides is 1. The van der Waals surface area contributed by atoms with E-state index in [9.17, 15) is 4.79 Å². The first-order valence-corrected chi connectivity index (χ1v) is 7.81. The number of hydrogen-bond donors (Lipinski definition) is 1. The molecule has 3 rings (SSSR count). The minimum atomic E-state index is -0.872. The molecule has 2 aromatic rings. The number of piperazine rings is 1. The monoisotopic (exact) mass is 328 g/mol. The van der Waals surface area contributed by atoms with Crippen molar-refractivity contribution in [1.29, 1.82) is 0 Å². The van der Waals surface area contributed by atoms with Crippen LogP contribution in [0.15, 0.2) is 36.7 Å². The summed E-state index contributed by atoms with van der Waals surface area (Å²) in [6, 6.07) is 8.05. The average molecular weight is 328 g/mol. The Hall–Kier alpha value is -2.67. The van der Waals surface area contributed by atoms with Crippen LogP contribution in [0.2, 0.25) is 0 Å². The SMILES string of the molecule is COCc1ccc(-c2nccnc2N2CCN(C(=O)O)CC2)cc1. The van der Waals surface area contributed by atoms with E-state index in [0.29, 0.717) is 32.8 Å². The van der Waals surface area contributed by atoms with Crippen LogP contribution in [0.1, 0.15) is 5.56 Å². The first kappa shape index (κ1) is 16.2. The first-order chi connectivity index (χ1) is 11.7. The van der Waals surface area contributed by atoms with E-state index < -0.39 is 6.09 Å². The summed E-state index contributed by atoms with van der Waals surface area (Å²) in [6.45, 7) is 2.74. The zero-order valence-electron chi connectivity index (χ0n) is 13.6. The molecule has 1 saturated heterocycles. The number of aromatic nitrogens is 2. The molecule has 1 aromatic heterocycles. The Labute approximate surface area is 140 Å². The van der Waals surface area contributed by atoms with E-state index in [2.05, 4.69) is 14.9 Å². The van der Waals surface area contributed by atoms with Gasteiger partial charge in [-0.15, -0.1) is 0 Å². The van der Waals surface area contributed by atoms with E-state index in [-0.39, 0.29) is 0 Å². The summed E-state index contributed by atoms with van der Waals surface area (Å²) in [5, 5.41) is 9.07. The standard InChI is InChI=1S/C17H20N4O3/c1-24-12-13-2-4-14(5-3-13)15-16(19-7-6-18-15)20-8-10-21(11-9-20)17(22)23/h2-7H,8-12H2,1H3,(H,22,23). The van der Waals surface area contributed by atoms with Crippen molar-refractivity contribution in [2.45, 2.75) is 6.61 Å². The number of rotatable bonds is 4. The van der Waals surface area contributed by atoms with Gasteiger partial charge < -0.3 is 19.6 Å². The molecule has 7 heteroatoms. The Morgan fingerprint density at radius 2 is 1.79 bits per heavy atom. The second-order valence-electron chi connectivity index (χ2n) is 5.62. The second kappa shape index (κ2) is 7.27. The summed E-state index contributed by atoms with van der Waals surface area (Å²) < 4.78 is 5.13. The minimum absolute atomic E-state index is 0.470. The lowest BCUT2D eigenvalue weighted by Gasteiger charge is -2.34. The molecular weight excluding hydrogens is 308 g/mol. The highest BCUT2D eigenvalue weighted by Gasteiger charge is 2.23. The molecule has 0 saturated carbocycles. The predicted octanol–water partition coefficient (Wildman–Crippen LogP) is 2.09. The van der Waals surface area contributed by atoms with Crippen molar-refractivity contribution in [2.75, 3.05) is 38.2 Å².